The maximum atomic E-state index is 11.7. The van der Waals surface area contributed by atoms with Crippen molar-refractivity contribution in [2.75, 3.05) is 4.90 Å². The molecule has 2 amide bonds. The first-order valence-electron chi connectivity index (χ1n) is 6.11. The second kappa shape index (κ2) is 6.76. The van der Waals surface area contributed by atoms with Crippen molar-refractivity contribution in [2.24, 2.45) is 15.7 Å². The smallest absolute Gasteiger partial charge is 0.323 e. The van der Waals surface area contributed by atoms with Crippen molar-refractivity contribution >= 4 is 40.9 Å². The fourth-order valence-electron chi connectivity index (χ4n) is 1.86. The summed E-state index contributed by atoms with van der Waals surface area (Å²) in [5.41, 5.74) is 7.25. The summed E-state index contributed by atoms with van der Waals surface area (Å²) in [6.45, 7) is 0. The molecule has 0 heterocycles. The molecule has 0 saturated carbocycles. The predicted octanol–water partition coefficient (Wildman–Crippen LogP) is 2.84. The number of primary amides is 1. The molecule has 2 aromatic carbocycles. The summed E-state index contributed by atoms with van der Waals surface area (Å²) >= 11 is 0. The second-order valence-corrected chi connectivity index (χ2v) is 4.11. The maximum Gasteiger partial charge on any atom is 0.323 e. The predicted molar refractivity (Wildman–Crippen MR) is 80.2 cm³/mol. The number of isocyanates is 2. The lowest BCUT2D eigenvalue weighted by Crippen LogP contribution is -2.31. The molecule has 0 aromatic heterocycles. The molecule has 2 aromatic rings. The van der Waals surface area contributed by atoms with E-state index in [1.807, 2.05) is 0 Å². The van der Waals surface area contributed by atoms with Crippen molar-refractivity contribution in [1.82, 2.24) is 0 Å². The second-order valence-electron chi connectivity index (χ2n) is 4.11. The van der Waals surface area contributed by atoms with Gasteiger partial charge in [0.1, 0.15) is 0 Å². The van der Waals surface area contributed by atoms with Crippen LogP contribution in [-0.2, 0) is 9.59 Å². The fraction of sp³-hybridized carbons (Fsp3) is 0. The van der Waals surface area contributed by atoms with E-state index in [2.05, 4.69) is 9.98 Å². The van der Waals surface area contributed by atoms with Gasteiger partial charge >= 0.3 is 6.03 Å². The van der Waals surface area contributed by atoms with Gasteiger partial charge in [0.2, 0.25) is 12.2 Å². The Morgan fingerprint density at radius 1 is 0.818 bits per heavy atom. The van der Waals surface area contributed by atoms with E-state index < -0.39 is 6.03 Å². The van der Waals surface area contributed by atoms with E-state index in [1.54, 1.807) is 48.5 Å². The van der Waals surface area contributed by atoms with Crippen LogP contribution in [0.15, 0.2) is 58.5 Å². The van der Waals surface area contributed by atoms with Gasteiger partial charge in [-0.25, -0.2) is 14.4 Å². The Kier molecular flexibility index (Phi) is 4.57. The lowest BCUT2D eigenvalue weighted by atomic mass is 10.2. The Bertz CT molecular complexity index is 710. The van der Waals surface area contributed by atoms with Crippen LogP contribution in [0, 0.1) is 0 Å². The van der Waals surface area contributed by atoms with E-state index in [1.165, 1.54) is 17.1 Å². The van der Waals surface area contributed by atoms with Gasteiger partial charge in [-0.2, -0.15) is 9.98 Å². The number of amides is 2. The molecule has 2 N–H and O–H groups in total. The zero-order valence-electron chi connectivity index (χ0n) is 11.3. The highest BCUT2D eigenvalue weighted by molar-refractivity contribution is 5.98. The number of nitrogens with two attached hydrogens (primary N) is 1. The van der Waals surface area contributed by atoms with Gasteiger partial charge < -0.3 is 5.73 Å². The van der Waals surface area contributed by atoms with Gasteiger partial charge in [-0.15, -0.1) is 0 Å². The summed E-state index contributed by atoms with van der Waals surface area (Å²) in [7, 11) is 0. The largest absolute Gasteiger partial charge is 0.351 e. The van der Waals surface area contributed by atoms with Crippen LogP contribution >= 0.6 is 0 Å². The zero-order valence-corrected chi connectivity index (χ0v) is 11.3. The van der Waals surface area contributed by atoms with Crippen LogP contribution in [0.3, 0.4) is 0 Å². The molecule has 0 bridgehead atoms. The molecule has 22 heavy (non-hydrogen) atoms. The van der Waals surface area contributed by atoms with Gasteiger partial charge in [0.05, 0.1) is 22.7 Å². The number of aliphatic imine (C=N–C) groups is 2. The van der Waals surface area contributed by atoms with E-state index >= 15 is 0 Å². The molecule has 2 rings (SSSR count). The number of nitrogens with zero attached hydrogens (tertiary/aromatic N) is 3. The number of benzene rings is 2. The van der Waals surface area contributed by atoms with Crippen LogP contribution < -0.4 is 10.6 Å². The Hall–Kier alpha value is -3.53. The van der Waals surface area contributed by atoms with Crippen molar-refractivity contribution in [3.05, 3.63) is 48.5 Å². The topological polar surface area (TPSA) is 105 Å². The molecule has 0 saturated heterocycles. The number of carbonyl (C=O) groups excluding carboxylic acids is 3. The number of anilines is 2. The third kappa shape index (κ3) is 3.32. The third-order valence-corrected chi connectivity index (χ3v) is 2.79. The standard InChI is InChI=1S/C15H10N4O3/c16-15(22)19(13-5-1-11(2-6-13)17-9-20)14-7-3-12(4-8-14)18-10-21/h1-8H,(H2,16,22). The molecule has 108 valence electrons. The minimum absolute atomic E-state index is 0.416. The number of rotatable bonds is 4. The minimum atomic E-state index is -0.682. The van der Waals surface area contributed by atoms with E-state index in [4.69, 9.17) is 5.73 Å². The van der Waals surface area contributed by atoms with E-state index in [-0.39, 0.29) is 0 Å². The molecule has 0 radical (unpaired) electrons. The van der Waals surface area contributed by atoms with Crippen molar-refractivity contribution in [1.29, 1.82) is 0 Å². The monoisotopic (exact) mass is 294 g/mol. The lowest BCUT2D eigenvalue weighted by molar-refractivity contribution is 0.256. The Balaban J connectivity index is 2.39. The molecular formula is C15H10N4O3. The summed E-state index contributed by atoms with van der Waals surface area (Å²) in [6.07, 6.45) is 2.87. The first kappa shape index (κ1) is 14.9. The van der Waals surface area contributed by atoms with Crippen LogP contribution in [0.25, 0.3) is 0 Å². The first-order valence-corrected chi connectivity index (χ1v) is 6.11. The van der Waals surface area contributed by atoms with Crippen molar-refractivity contribution in [2.45, 2.75) is 0 Å². The summed E-state index contributed by atoms with van der Waals surface area (Å²) in [6, 6.07) is 11.9. The number of hydrogen-bond acceptors (Lipinski definition) is 5. The van der Waals surface area contributed by atoms with E-state index in [0.29, 0.717) is 22.7 Å². The van der Waals surface area contributed by atoms with Gasteiger partial charge in [-0.1, -0.05) is 0 Å². The molecule has 0 spiro atoms. The molecule has 0 unspecified atom stereocenters. The summed E-state index contributed by atoms with van der Waals surface area (Å²) in [4.78, 5) is 40.3. The third-order valence-electron chi connectivity index (χ3n) is 2.79. The Morgan fingerprint density at radius 3 is 1.45 bits per heavy atom. The summed E-state index contributed by atoms with van der Waals surface area (Å²) < 4.78 is 0. The van der Waals surface area contributed by atoms with E-state index in [0.717, 1.165) is 0 Å². The number of urea groups is 1. The Morgan fingerprint density at radius 2 is 1.18 bits per heavy atom. The quantitative estimate of drug-likeness (QED) is 0.692. The normalized spacial score (nSPS) is 9.27. The van der Waals surface area contributed by atoms with Gasteiger partial charge in [0, 0.05) is 0 Å². The average molecular weight is 294 g/mol. The highest BCUT2D eigenvalue weighted by Crippen LogP contribution is 2.28. The molecule has 0 aliphatic heterocycles. The van der Waals surface area contributed by atoms with Gasteiger partial charge in [0.25, 0.3) is 0 Å². The van der Waals surface area contributed by atoms with Crippen molar-refractivity contribution in [3.8, 4) is 0 Å². The lowest BCUT2D eigenvalue weighted by Gasteiger charge is -2.20. The van der Waals surface area contributed by atoms with Crippen LogP contribution in [0.5, 0.6) is 0 Å². The summed E-state index contributed by atoms with van der Waals surface area (Å²) in [5.74, 6) is 0. The first-order chi connectivity index (χ1) is 10.7. The Labute approximate surface area is 125 Å². The molecular weight excluding hydrogens is 284 g/mol. The van der Waals surface area contributed by atoms with E-state index in [9.17, 15) is 14.4 Å². The molecule has 0 aliphatic carbocycles. The van der Waals surface area contributed by atoms with Crippen LogP contribution in [0.1, 0.15) is 0 Å². The molecule has 7 heteroatoms. The molecule has 0 atom stereocenters. The maximum absolute atomic E-state index is 11.7. The molecule has 0 fully saturated rings. The van der Waals surface area contributed by atoms with Crippen LogP contribution in [0.4, 0.5) is 27.5 Å². The number of carbonyl (C=O) groups is 1. The van der Waals surface area contributed by atoms with Crippen LogP contribution in [0.2, 0.25) is 0 Å². The van der Waals surface area contributed by atoms with Crippen molar-refractivity contribution in [3.63, 3.8) is 0 Å². The molecule has 0 aliphatic rings. The molecule has 7 nitrogen and oxygen atoms in total. The highest BCUT2D eigenvalue weighted by atomic mass is 16.2. The summed E-state index contributed by atoms with van der Waals surface area (Å²) in [5, 5.41) is 0. The zero-order chi connectivity index (χ0) is 15.9. The fourth-order valence-corrected chi connectivity index (χ4v) is 1.86. The van der Waals surface area contributed by atoms with Gasteiger partial charge in [0.15, 0.2) is 0 Å². The van der Waals surface area contributed by atoms with Crippen molar-refractivity contribution < 1.29 is 14.4 Å². The number of hydrogen-bond donors (Lipinski definition) is 1. The minimum Gasteiger partial charge on any atom is -0.351 e. The average Bonchev–Trinajstić information content (AvgIpc) is 2.51. The van der Waals surface area contributed by atoms with Gasteiger partial charge in [-0.3, -0.25) is 4.90 Å². The SMILES string of the molecule is NC(=O)N(c1ccc(N=C=O)cc1)c1ccc(N=C=O)cc1. The van der Waals surface area contributed by atoms with Crippen LogP contribution in [-0.4, -0.2) is 18.2 Å². The highest BCUT2D eigenvalue weighted by Gasteiger charge is 2.14. The van der Waals surface area contributed by atoms with Gasteiger partial charge in [-0.05, 0) is 48.5 Å².